The van der Waals surface area contributed by atoms with Gasteiger partial charge in [0.2, 0.25) is 6.04 Å². The van der Waals surface area contributed by atoms with E-state index in [1.54, 1.807) is 18.6 Å². The van der Waals surface area contributed by atoms with Crippen molar-refractivity contribution in [1.29, 1.82) is 0 Å². The fraction of sp³-hybridized carbons (Fsp3) is 0.0526. The number of aromatic nitrogens is 1. The number of pyridine rings is 1. The molecule has 3 heteroatoms. The van der Waals surface area contributed by atoms with Gasteiger partial charge in [-0.15, -0.1) is 0 Å². The third kappa shape index (κ3) is 3.20. The van der Waals surface area contributed by atoms with Crippen molar-refractivity contribution in [2.24, 2.45) is 0 Å². The highest BCUT2D eigenvalue weighted by Crippen LogP contribution is 2.25. The lowest BCUT2D eigenvalue weighted by atomic mass is 9.99. The van der Waals surface area contributed by atoms with Crippen LogP contribution in [0.15, 0.2) is 85.2 Å². The van der Waals surface area contributed by atoms with Crippen molar-refractivity contribution in [3.8, 4) is 0 Å². The standard InChI is InChI=1S/C19H16N2O/c22-21(15-16-8-7-13-20-14-16)19(17-9-3-1-4-10-17)18-11-5-2-6-12-18/h1-15,19H/b21-15-. The van der Waals surface area contributed by atoms with E-state index in [4.69, 9.17) is 0 Å². The fourth-order valence-corrected chi connectivity index (χ4v) is 2.43. The van der Waals surface area contributed by atoms with Gasteiger partial charge in [-0.05, 0) is 12.1 Å². The summed E-state index contributed by atoms with van der Waals surface area (Å²) >= 11 is 0. The fourth-order valence-electron chi connectivity index (χ4n) is 2.43. The quantitative estimate of drug-likeness (QED) is 0.317. The minimum atomic E-state index is -0.373. The van der Waals surface area contributed by atoms with Crippen LogP contribution in [-0.2, 0) is 0 Å². The molecule has 0 N–H and O–H groups in total. The van der Waals surface area contributed by atoms with Crippen LogP contribution in [0, 0.1) is 5.21 Å². The highest BCUT2D eigenvalue weighted by atomic mass is 16.5. The Labute approximate surface area is 129 Å². The summed E-state index contributed by atoms with van der Waals surface area (Å²) in [6.07, 6.45) is 4.95. The lowest BCUT2D eigenvalue weighted by Crippen LogP contribution is -2.16. The lowest BCUT2D eigenvalue weighted by molar-refractivity contribution is -0.490. The number of hydrogen-bond acceptors (Lipinski definition) is 2. The summed E-state index contributed by atoms with van der Waals surface area (Å²) in [5.41, 5.74) is 2.71. The molecule has 3 aromatic rings. The van der Waals surface area contributed by atoms with Gasteiger partial charge in [0.25, 0.3) is 0 Å². The Morgan fingerprint density at radius 2 is 1.41 bits per heavy atom. The third-order valence-corrected chi connectivity index (χ3v) is 3.45. The van der Waals surface area contributed by atoms with E-state index in [2.05, 4.69) is 4.98 Å². The number of rotatable bonds is 4. The van der Waals surface area contributed by atoms with Crippen LogP contribution in [0.2, 0.25) is 0 Å². The van der Waals surface area contributed by atoms with Crippen molar-refractivity contribution >= 4 is 6.21 Å². The Morgan fingerprint density at radius 3 is 1.91 bits per heavy atom. The molecule has 0 radical (unpaired) electrons. The van der Waals surface area contributed by atoms with Gasteiger partial charge < -0.3 is 5.21 Å². The first kappa shape index (κ1) is 14.0. The largest absolute Gasteiger partial charge is 0.623 e. The molecular weight excluding hydrogens is 272 g/mol. The highest BCUT2D eigenvalue weighted by Gasteiger charge is 2.21. The molecule has 0 aliphatic carbocycles. The SMILES string of the molecule is [O-]/[N+](=C\c1cccnc1)C(c1ccccc1)c1ccccc1. The van der Waals surface area contributed by atoms with Gasteiger partial charge in [0.15, 0.2) is 6.21 Å². The molecule has 0 bridgehead atoms. The van der Waals surface area contributed by atoms with Gasteiger partial charge in [0.05, 0.1) is 5.56 Å². The molecule has 0 amide bonds. The van der Waals surface area contributed by atoms with Crippen molar-refractivity contribution in [2.75, 3.05) is 0 Å². The predicted molar refractivity (Wildman–Crippen MR) is 87.8 cm³/mol. The number of hydroxylamine groups is 1. The Kier molecular flexibility index (Phi) is 4.25. The molecule has 2 aromatic carbocycles. The van der Waals surface area contributed by atoms with Crippen LogP contribution in [0.4, 0.5) is 0 Å². The first-order valence-corrected chi connectivity index (χ1v) is 7.15. The summed E-state index contributed by atoms with van der Waals surface area (Å²) < 4.78 is 0.988. The molecule has 0 unspecified atom stereocenters. The number of hydrogen-bond donors (Lipinski definition) is 0. The third-order valence-electron chi connectivity index (χ3n) is 3.45. The summed E-state index contributed by atoms with van der Waals surface area (Å²) in [6, 6.07) is 22.9. The first-order valence-electron chi connectivity index (χ1n) is 7.15. The van der Waals surface area contributed by atoms with Crippen LogP contribution in [0.25, 0.3) is 0 Å². The summed E-state index contributed by atoms with van der Waals surface area (Å²) in [7, 11) is 0. The monoisotopic (exact) mass is 288 g/mol. The zero-order valence-electron chi connectivity index (χ0n) is 12.0. The molecule has 0 saturated carbocycles. The van der Waals surface area contributed by atoms with Gasteiger partial charge in [0, 0.05) is 23.5 Å². The van der Waals surface area contributed by atoms with Gasteiger partial charge in [-0.25, -0.2) is 0 Å². The molecule has 0 fully saturated rings. The van der Waals surface area contributed by atoms with Crippen molar-refractivity contribution in [1.82, 2.24) is 4.98 Å². The van der Waals surface area contributed by atoms with Crippen molar-refractivity contribution in [2.45, 2.75) is 6.04 Å². The summed E-state index contributed by atoms with van der Waals surface area (Å²) in [5.74, 6) is 0. The lowest BCUT2D eigenvalue weighted by Gasteiger charge is -2.18. The molecule has 108 valence electrons. The first-order chi connectivity index (χ1) is 10.8. The van der Waals surface area contributed by atoms with E-state index in [0.29, 0.717) is 0 Å². The van der Waals surface area contributed by atoms with E-state index in [1.807, 2.05) is 72.8 Å². The Balaban J connectivity index is 2.04. The molecule has 0 aliphatic heterocycles. The maximum atomic E-state index is 12.7. The van der Waals surface area contributed by atoms with E-state index in [-0.39, 0.29) is 6.04 Å². The van der Waals surface area contributed by atoms with Crippen LogP contribution in [0.3, 0.4) is 0 Å². The van der Waals surface area contributed by atoms with Crippen LogP contribution < -0.4 is 0 Å². The second kappa shape index (κ2) is 6.68. The minimum absolute atomic E-state index is 0.373. The van der Waals surface area contributed by atoms with Crippen LogP contribution in [-0.4, -0.2) is 15.9 Å². The van der Waals surface area contributed by atoms with E-state index < -0.39 is 0 Å². The highest BCUT2D eigenvalue weighted by molar-refractivity contribution is 5.75. The second-order valence-corrected chi connectivity index (χ2v) is 5.00. The molecule has 1 aromatic heterocycles. The normalized spacial score (nSPS) is 11.6. The average molecular weight is 288 g/mol. The van der Waals surface area contributed by atoms with E-state index in [0.717, 1.165) is 21.4 Å². The molecule has 3 nitrogen and oxygen atoms in total. The van der Waals surface area contributed by atoms with Gasteiger partial charge in [-0.1, -0.05) is 60.7 Å². The topological polar surface area (TPSA) is 39.0 Å². The molecule has 0 atom stereocenters. The summed E-state index contributed by atoms with van der Waals surface area (Å²) in [4.78, 5) is 4.05. The molecule has 0 saturated heterocycles. The van der Waals surface area contributed by atoms with E-state index in [1.165, 1.54) is 0 Å². The molecule has 3 rings (SSSR count). The maximum absolute atomic E-state index is 12.7. The summed E-state index contributed by atoms with van der Waals surface area (Å²) in [6.45, 7) is 0. The smallest absolute Gasteiger partial charge is 0.213 e. The Hall–Kier alpha value is -2.94. The molecule has 22 heavy (non-hydrogen) atoms. The van der Waals surface area contributed by atoms with Gasteiger partial charge in [-0.2, -0.15) is 4.74 Å². The van der Waals surface area contributed by atoms with Gasteiger partial charge in [-0.3, -0.25) is 4.98 Å². The second-order valence-electron chi connectivity index (χ2n) is 5.00. The maximum Gasteiger partial charge on any atom is 0.213 e. The van der Waals surface area contributed by atoms with Crippen LogP contribution in [0.1, 0.15) is 22.7 Å². The van der Waals surface area contributed by atoms with Gasteiger partial charge in [0.1, 0.15) is 0 Å². The predicted octanol–water partition coefficient (Wildman–Crippen LogP) is 3.80. The molecule has 0 spiro atoms. The average Bonchev–Trinajstić information content (AvgIpc) is 2.58. The number of nitrogens with zero attached hydrogens (tertiary/aromatic N) is 2. The van der Waals surface area contributed by atoms with E-state index >= 15 is 0 Å². The Bertz CT molecular complexity index is 701. The molecule has 1 heterocycles. The number of benzene rings is 2. The van der Waals surface area contributed by atoms with Crippen molar-refractivity contribution in [3.05, 3.63) is 107 Å². The summed E-state index contributed by atoms with van der Waals surface area (Å²) in [5, 5.41) is 12.7. The van der Waals surface area contributed by atoms with Crippen molar-refractivity contribution < 1.29 is 4.74 Å². The Morgan fingerprint density at radius 1 is 0.818 bits per heavy atom. The zero-order chi connectivity index (χ0) is 15.2. The molecule has 0 aliphatic rings. The van der Waals surface area contributed by atoms with Gasteiger partial charge >= 0.3 is 0 Å². The zero-order valence-corrected chi connectivity index (χ0v) is 12.0. The van der Waals surface area contributed by atoms with Crippen LogP contribution in [0.5, 0.6) is 0 Å². The molecular formula is C19H16N2O. The minimum Gasteiger partial charge on any atom is -0.623 e. The van der Waals surface area contributed by atoms with E-state index in [9.17, 15) is 5.21 Å². The van der Waals surface area contributed by atoms with Crippen molar-refractivity contribution in [3.63, 3.8) is 0 Å². The van der Waals surface area contributed by atoms with Crippen LogP contribution >= 0.6 is 0 Å².